The molecule has 21 heavy (non-hydrogen) atoms. The van der Waals surface area contributed by atoms with Gasteiger partial charge < -0.3 is 4.74 Å². The zero-order valence-electron chi connectivity index (χ0n) is 12.1. The van der Waals surface area contributed by atoms with Crippen molar-refractivity contribution >= 4 is 11.8 Å². The molecular weight excluding hydrogens is 264 g/mol. The molecule has 3 heteroatoms. The van der Waals surface area contributed by atoms with Crippen LogP contribution < -0.4 is 0 Å². The Morgan fingerprint density at radius 2 is 1.81 bits per heavy atom. The van der Waals surface area contributed by atoms with Crippen molar-refractivity contribution in [3.8, 4) is 11.1 Å². The number of ether oxygens (including phenoxy) is 1. The molecule has 0 heterocycles. The molecule has 0 radical (unpaired) electrons. The first kappa shape index (κ1) is 13.6. The van der Waals surface area contributed by atoms with Crippen molar-refractivity contribution in [2.24, 2.45) is 5.92 Å². The molecule has 0 bridgehead atoms. The highest BCUT2D eigenvalue weighted by atomic mass is 16.5. The van der Waals surface area contributed by atoms with E-state index in [0.717, 1.165) is 28.7 Å². The minimum atomic E-state index is -0.387. The predicted octanol–water partition coefficient (Wildman–Crippen LogP) is 3.52. The van der Waals surface area contributed by atoms with Gasteiger partial charge in [0.25, 0.3) is 0 Å². The van der Waals surface area contributed by atoms with Crippen molar-refractivity contribution in [3.63, 3.8) is 0 Å². The van der Waals surface area contributed by atoms with Crippen molar-refractivity contribution in [1.29, 1.82) is 0 Å². The Morgan fingerprint density at radius 3 is 2.57 bits per heavy atom. The van der Waals surface area contributed by atoms with Gasteiger partial charge in [-0.2, -0.15) is 0 Å². The standard InChI is InChI=1S/C18H16O3/c1-11-10-12-6-5-9-14(16(12)17(11)19)13-7-3-4-8-15(13)18(20)21-2/h3-9,11H,10H2,1-2H3. The van der Waals surface area contributed by atoms with Gasteiger partial charge in [-0.1, -0.05) is 43.3 Å². The molecule has 0 saturated heterocycles. The van der Waals surface area contributed by atoms with E-state index in [1.807, 2.05) is 37.3 Å². The highest BCUT2D eigenvalue weighted by Crippen LogP contribution is 2.36. The summed E-state index contributed by atoms with van der Waals surface area (Å²) < 4.78 is 4.84. The highest BCUT2D eigenvalue weighted by molar-refractivity contribution is 6.09. The van der Waals surface area contributed by atoms with Gasteiger partial charge in [0, 0.05) is 11.5 Å². The third-order valence-electron chi connectivity index (χ3n) is 3.99. The zero-order chi connectivity index (χ0) is 15.0. The molecule has 0 saturated carbocycles. The topological polar surface area (TPSA) is 43.4 Å². The average Bonchev–Trinajstić information content (AvgIpc) is 2.81. The maximum Gasteiger partial charge on any atom is 0.338 e. The fraction of sp³-hybridized carbons (Fsp3) is 0.222. The smallest absolute Gasteiger partial charge is 0.338 e. The van der Waals surface area contributed by atoms with E-state index in [1.54, 1.807) is 12.1 Å². The van der Waals surface area contributed by atoms with E-state index < -0.39 is 0 Å². The minimum absolute atomic E-state index is 0.00596. The predicted molar refractivity (Wildman–Crippen MR) is 80.4 cm³/mol. The van der Waals surface area contributed by atoms with Gasteiger partial charge in [0.2, 0.25) is 0 Å². The Kier molecular flexibility index (Phi) is 3.34. The Labute approximate surface area is 123 Å². The van der Waals surface area contributed by atoms with Crippen molar-refractivity contribution in [1.82, 2.24) is 0 Å². The van der Waals surface area contributed by atoms with Crippen LogP contribution in [0.2, 0.25) is 0 Å². The molecule has 0 fully saturated rings. The van der Waals surface area contributed by atoms with Crippen molar-refractivity contribution < 1.29 is 14.3 Å². The molecule has 2 aromatic carbocycles. The fourth-order valence-corrected chi connectivity index (χ4v) is 2.96. The van der Waals surface area contributed by atoms with Gasteiger partial charge in [0.1, 0.15) is 0 Å². The summed E-state index contributed by atoms with van der Waals surface area (Å²) in [5.74, 6) is -0.228. The number of benzene rings is 2. The van der Waals surface area contributed by atoms with Crippen LogP contribution in [0.5, 0.6) is 0 Å². The van der Waals surface area contributed by atoms with Gasteiger partial charge in [-0.05, 0) is 29.2 Å². The summed E-state index contributed by atoms with van der Waals surface area (Å²) in [5, 5.41) is 0. The summed E-state index contributed by atoms with van der Waals surface area (Å²) in [5.41, 5.74) is 3.87. The van der Waals surface area contributed by atoms with Crippen LogP contribution in [0.15, 0.2) is 42.5 Å². The monoisotopic (exact) mass is 280 g/mol. The van der Waals surface area contributed by atoms with Crippen molar-refractivity contribution in [2.75, 3.05) is 7.11 Å². The summed E-state index contributed by atoms with van der Waals surface area (Å²) in [6.45, 7) is 1.94. The summed E-state index contributed by atoms with van der Waals surface area (Å²) in [6.07, 6.45) is 0.766. The lowest BCUT2D eigenvalue weighted by Gasteiger charge is -2.11. The van der Waals surface area contributed by atoms with Crippen LogP contribution in [-0.4, -0.2) is 18.9 Å². The maximum absolute atomic E-state index is 12.4. The third kappa shape index (κ3) is 2.15. The summed E-state index contributed by atoms with van der Waals surface area (Å²) >= 11 is 0. The van der Waals surface area contributed by atoms with Crippen LogP contribution in [0.25, 0.3) is 11.1 Å². The number of rotatable bonds is 2. The van der Waals surface area contributed by atoms with Crippen molar-refractivity contribution in [2.45, 2.75) is 13.3 Å². The first-order valence-corrected chi connectivity index (χ1v) is 6.97. The molecule has 0 amide bonds. The number of ketones is 1. The van der Waals surface area contributed by atoms with E-state index >= 15 is 0 Å². The first-order valence-electron chi connectivity index (χ1n) is 6.97. The molecule has 1 aliphatic carbocycles. The summed E-state index contributed by atoms with van der Waals surface area (Å²) in [6, 6.07) is 13.1. The quantitative estimate of drug-likeness (QED) is 0.791. The van der Waals surface area contributed by atoms with E-state index in [-0.39, 0.29) is 17.7 Å². The zero-order valence-corrected chi connectivity index (χ0v) is 12.1. The molecule has 106 valence electrons. The number of fused-ring (bicyclic) bond motifs is 1. The Hall–Kier alpha value is -2.42. The molecule has 1 atom stereocenters. The first-order chi connectivity index (χ1) is 10.1. The van der Waals surface area contributed by atoms with E-state index in [1.165, 1.54) is 7.11 Å². The lowest BCUT2D eigenvalue weighted by Crippen LogP contribution is -2.07. The lowest BCUT2D eigenvalue weighted by molar-refractivity contribution is 0.0601. The number of hydrogen-bond acceptors (Lipinski definition) is 3. The molecule has 1 aliphatic rings. The van der Waals surface area contributed by atoms with Gasteiger partial charge in [-0.3, -0.25) is 4.79 Å². The van der Waals surface area contributed by atoms with Crippen LogP contribution in [0.1, 0.15) is 33.2 Å². The number of esters is 1. The second-order valence-electron chi connectivity index (χ2n) is 5.35. The summed E-state index contributed by atoms with van der Waals surface area (Å²) in [4.78, 5) is 24.4. The van der Waals surface area contributed by atoms with Crippen LogP contribution in [0.3, 0.4) is 0 Å². The number of methoxy groups -OCH3 is 1. The normalized spacial score (nSPS) is 16.7. The molecule has 1 unspecified atom stereocenters. The van der Waals surface area contributed by atoms with Gasteiger partial charge in [-0.25, -0.2) is 4.79 Å². The second-order valence-corrected chi connectivity index (χ2v) is 5.35. The third-order valence-corrected chi connectivity index (χ3v) is 3.99. The van der Waals surface area contributed by atoms with Crippen LogP contribution in [0.4, 0.5) is 0 Å². The molecule has 3 nitrogen and oxygen atoms in total. The number of carbonyl (C=O) groups is 2. The lowest BCUT2D eigenvalue weighted by atomic mass is 9.93. The van der Waals surface area contributed by atoms with E-state index in [2.05, 4.69) is 0 Å². The SMILES string of the molecule is COC(=O)c1ccccc1-c1cccc2c1C(=O)C(C)C2. The molecule has 3 rings (SSSR count). The highest BCUT2D eigenvalue weighted by Gasteiger charge is 2.30. The number of hydrogen-bond donors (Lipinski definition) is 0. The van der Waals surface area contributed by atoms with Crippen LogP contribution >= 0.6 is 0 Å². The Morgan fingerprint density at radius 1 is 1.10 bits per heavy atom. The van der Waals surface area contributed by atoms with E-state index in [0.29, 0.717) is 5.56 Å². The molecule has 2 aromatic rings. The minimum Gasteiger partial charge on any atom is -0.465 e. The van der Waals surface area contributed by atoms with E-state index in [4.69, 9.17) is 4.74 Å². The molecule has 0 aliphatic heterocycles. The van der Waals surface area contributed by atoms with Gasteiger partial charge >= 0.3 is 5.97 Å². The molecule has 0 spiro atoms. The number of carbonyl (C=O) groups excluding carboxylic acids is 2. The van der Waals surface area contributed by atoms with Crippen molar-refractivity contribution in [3.05, 3.63) is 59.2 Å². The number of Topliss-reactive ketones (excluding diaryl/α,β-unsaturated/α-hetero) is 1. The summed E-state index contributed by atoms with van der Waals surface area (Å²) in [7, 11) is 1.36. The maximum atomic E-state index is 12.4. The molecular formula is C18H16O3. The Bertz CT molecular complexity index is 731. The van der Waals surface area contributed by atoms with Gasteiger partial charge in [0.05, 0.1) is 12.7 Å². The molecule has 0 N–H and O–H groups in total. The van der Waals surface area contributed by atoms with Gasteiger partial charge in [-0.15, -0.1) is 0 Å². The Balaban J connectivity index is 2.23. The second kappa shape index (κ2) is 5.17. The van der Waals surface area contributed by atoms with Crippen LogP contribution in [-0.2, 0) is 11.2 Å². The largest absolute Gasteiger partial charge is 0.465 e. The molecule has 0 aromatic heterocycles. The average molecular weight is 280 g/mol. The van der Waals surface area contributed by atoms with E-state index in [9.17, 15) is 9.59 Å². The van der Waals surface area contributed by atoms with Crippen LogP contribution in [0, 0.1) is 5.92 Å². The van der Waals surface area contributed by atoms with Gasteiger partial charge in [0.15, 0.2) is 5.78 Å². The fourth-order valence-electron chi connectivity index (χ4n) is 2.96.